The number of hydrogen-bond donors (Lipinski definition) is 2. The summed E-state index contributed by atoms with van der Waals surface area (Å²) in [7, 11) is 0. The topological polar surface area (TPSA) is 71.3 Å². The van der Waals surface area contributed by atoms with Gasteiger partial charge in [-0.05, 0) is 57.2 Å². The molecule has 1 aliphatic carbocycles. The van der Waals surface area contributed by atoms with Gasteiger partial charge in [0.25, 0.3) is 0 Å². The molecular weight excluding hydrogens is 438 g/mol. The predicted octanol–water partition coefficient (Wildman–Crippen LogP) is 3.52. The minimum Gasteiger partial charge on any atom is -0.352 e. The van der Waals surface area contributed by atoms with Gasteiger partial charge in [0.05, 0.1) is 23.0 Å². The standard InChI is InChI=1S/C28H43N5O2/c1-2-32-25-12-8-9-13-26(25)33(28(32)35)24-15-17-31(19-21-10-6-4-3-5-7-11-21)20-23(24)27(34)30-22-14-16-29-18-22/h8-9,12-13,21-24,29H,2-7,10-11,14-20H2,1H3,(H,30,34)/t22-,23+,24+/m1/s1. The minimum absolute atomic E-state index is 0.0208. The quantitative estimate of drug-likeness (QED) is 0.662. The number of piperidine rings is 1. The Bertz CT molecular complexity index is 1050. The van der Waals surface area contributed by atoms with Crippen LogP contribution < -0.4 is 16.3 Å². The average molecular weight is 482 g/mol. The van der Waals surface area contributed by atoms with Crippen molar-refractivity contribution in [2.45, 2.75) is 83.3 Å². The van der Waals surface area contributed by atoms with Crippen molar-refractivity contribution in [1.82, 2.24) is 24.7 Å². The number of nitrogens with zero attached hydrogens (tertiary/aromatic N) is 3. The molecule has 5 rings (SSSR count). The van der Waals surface area contributed by atoms with E-state index in [2.05, 4.69) is 15.5 Å². The SMILES string of the molecule is CCn1c(=O)n([C@H]2CCN(CC3CCCCCCC3)C[C@@H]2C(=O)N[C@@H]2CCNC2)c2ccccc21. The van der Waals surface area contributed by atoms with Crippen LogP contribution in [0.5, 0.6) is 0 Å². The van der Waals surface area contributed by atoms with Crippen molar-refractivity contribution in [2.24, 2.45) is 11.8 Å². The molecule has 0 unspecified atom stereocenters. The number of aryl methyl sites for hydroxylation is 1. The second kappa shape index (κ2) is 11.3. The zero-order chi connectivity index (χ0) is 24.2. The van der Waals surface area contributed by atoms with Gasteiger partial charge in [-0.25, -0.2) is 4.79 Å². The molecule has 7 heteroatoms. The van der Waals surface area contributed by atoms with E-state index in [4.69, 9.17) is 0 Å². The van der Waals surface area contributed by atoms with Gasteiger partial charge in [-0.2, -0.15) is 0 Å². The van der Waals surface area contributed by atoms with Gasteiger partial charge in [0, 0.05) is 38.8 Å². The molecule has 1 amide bonds. The third-order valence-corrected chi connectivity index (χ3v) is 8.66. The maximum atomic E-state index is 13.7. The van der Waals surface area contributed by atoms with Gasteiger partial charge in [-0.15, -0.1) is 0 Å². The molecule has 35 heavy (non-hydrogen) atoms. The molecule has 1 aromatic heterocycles. The number of imidazole rings is 1. The Balaban J connectivity index is 1.41. The summed E-state index contributed by atoms with van der Waals surface area (Å²) in [6.45, 7) is 7.23. The number of aromatic nitrogens is 2. The normalized spacial score (nSPS) is 27.1. The van der Waals surface area contributed by atoms with Crippen LogP contribution in [0.3, 0.4) is 0 Å². The van der Waals surface area contributed by atoms with Crippen LogP contribution in [-0.4, -0.2) is 58.7 Å². The number of fused-ring (bicyclic) bond motifs is 1. The van der Waals surface area contributed by atoms with Crippen LogP contribution in [0, 0.1) is 11.8 Å². The minimum atomic E-state index is -0.216. The van der Waals surface area contributed by atoms with Crippen molar-refractivity contribution in [3.8, 4) is 0 Å². The summed E-state index contributed by atoms with van der Waals surface area (Å²) in [4.78, 5) is 29.8. The maximum absolute atomic E-state index is 13.7. The van der Waals surface area contributed by atoms with Gasteiger partial charge in [-0.3, -0.25) is 13.9 Å². The van der Waals surface area contributed by atoms with Crippen LogP contribution in [-0.2, 0) is 11.3 Å². The van der Waals surface area contributed by atoms with Gasteiger partial charge >= 0.3 is 5.69 Å². The van der Waals surface area contributed by atoms with E-state index in [9.17, 15) is 9.59 Å². The van der Waals surface area contributed by atoms with E-state index in [1.54, 1.807) is 0 Å². The predicted molar refractivity (Wildman–Crippen MR) is 141 cm³/mol. The summed E-state index contributed by atoms with van der Waals surface area (Å²) in [5, 5.41) is 6.69. The monoisotopic (exact) mass is 481 g/mol. The Morgan fingerprint density at radius 2 is 1.77 bits per heavy atom. The molecule has 1 saturated carbocycles. The van der Waals surface area contributed by atoms with Crippen molar-refractivity contribution in [3.63, 3.8) is 0 Å². The Kier molecular flexibility index (Phi) is 7.93. The fourth-order valence-corrected chi connectivity index (χ4v) is 6.77. The third kappa shape index (κ3) is 5.36. The molecule has 2 saturated heterocycles. The Morgan fingerprint density at radius 3 is 2.49 bits per heavy atom. The maximum Gasteiger partial charge on any atom is 0.329 e. The molecular formula is C28H43N5O2. The van der Waals surface area contributed by atoms with E-state index in [1.165, 1.54) is 44.9 Å². The zero-order valence-electron chi connectivity index (χ0n) is 21.4. The lowest BCUT2D eigenvalue weighted by molar-refractivity contribution is -0.129. The number of nitrogens with one attached hydrogen (secondary N) is 2. The number of rotatable bonds is 6. The van der Waals surface area contributed by atoms with Gasteiger partial charge in [0.1, 0.15) is 0 Å². The Morgan fingerprint density at radius 1 is 1.03 bits per heavy atom. The lowest BCUT2D eigenvalue weighted by Gasteiger charge is -2.40. The number of likely N-dealkylation sites (tertiary alicyclic amines) is 1. The molecule has 3 aliphatic rings. The molecule has 0 spiro atoms. The number of benzene rings is 1. The first-order valence-corrected chi connectivity index (χ1v) is 14.1. The summed E-state index contributed by atoms with van der Waals surface area (Å²) < 4.78 is 3.80. The molecule has 192 valence electrons. The third-order valence-electron chi connectivity index (χ3n) is 8.66. The van der Waals surface area contributed by atoms with E-state index in [0.29, 0.717) is 6.54 Å². The first-order valence-electron chi connectivity index (χ1n) is 14.1. The first-order chi connectivity index (χ1) is 17.2. The van der Waals surface area contributed by atoms with E-state index >= 15 is 0 Å². The van der Waals surface area contributed by atoms with Crippen LogP contribution in [0.2, 0.25) is 0 Å². The largest absolute Gasteiger partial charge is 0.352 e. The van der Waals surface area contributed by atoms with E-state index in [1.807, 2.05) is 40.3 Å². The lowest BCUT2D eigenvalue weighted by atomic mass is 9.87. The summed E-state index contributed by atoms with van der Waals surface area (Å²) in [6, 6.07) is 8.15. The summed E-state index contributed by atoms with van der Waals surface area (Å²) in [6.07, 6.45) is 11.2. The van der Waals surface area contributed by atoms with Crippen LogP contribution in [0.25, 0.3) is 11.0 Å². The van der Waals surface area contributed by atoms with Crippen molar-refractivity contribution < 1.29 is 4.79 Å². The average Bonchev–Trinajstić information content (AvgIpc) is 3.45. The second-order valence-corrected chi connectivity index (χ2v) is 11.0. The molecule has 3 fully saturated rings. The van der Waals surface area contributed by atoms with Crippen molar-refractivity contribution in [3.05, 3.63) is 34.7 Å². The van der Waals surface area contributed by atoms with Crippen molar-refractivity contribution in [1.29, 1.82) is 0 Å². The molecule has 1 aromatic carbocycles. The molecule has 2 aliphatic heterocycles. The molecule has 7 nitrogen and oxygen atoms in total. The van der Waals surface area contributed by atoms with Crippen LogP contribution >= 0.6 is 0 Å². The fourth-order valence-electron chi connectivity index (χ4n) is 6.77. The molecule has 0 bridgehead atoms. The Labute approximate surface area is 209 Å². The van der Waals surface area contributed by atoms with Crippen LogP contribution in [0.15, 0.2) is 29.1 Å². The molecule has 2 N–H and O–H groups in total. The van der Waals surface area contributed by atoms with Gasteiger partial charge in [0.2, 0.25) is 5.91 Å². The highest BCUT2D eigenvalue weighted by Gasteiger charge is 2.38. The molecule has 0 radical (unpaired) electrons. The fraction of sp³-hybridized carbons (Fsp3) is 0.714. The highest BCUT2D eigenvalue weighted by atomic mass is 16.2. The second-order valence-electron chi connectivity index (χ2n) is 11.0. The van der Waals surface area contributed by atoms with E-state index in [0.717, 1.165) is 62.5 Å². The lowest BCUT2D eigenvalue weighted by Crippen LogP contribution is -2.52. The molecule has 3 atom stereocenters. The molecule has 2 aromatic rings. The number of carbonyl (C=O) groups is 1. The summed E-state index contributed by atoms with van der Waals surface area (Å²) in [5.74, 6) is 0.636. The van der Waals surface area contributed by atoms with Crippen molar-refractivity contribution >= 4 is 16.9 Å². The first kappa shape index (κ1) is 24.6. The summed E-state index contributed by atoms with van der Waals surface area (Å²) in [5.41, 5.74) is 1.95. The number of carbonyl (C=O) groups excluding carboxylic acids is 1. The van der Waals surface area contributed by atoms with Gasteiger partial charge < -0.3 is 15.5 Å². The number of amides is 1. The Hall–Kier alpha value is -2.12. The van der Waals surface area contributed by atoms with Crippen LogP contribution in [0.1, 0.15) is 70.8 Å². The zero-order valence-corrected chi connectivity index (χ0v) is 21.4. The number of hydrogen-bond acceptors (Lipinski definition) is 4. The van der Waals surface area contributed by atoms with Crippen molar-refractivity contribution in [2.75, 3.05) is 32.7 Å². The molecule has 3 heterocycles. The smallest absolute Gasteiger partial charge is 0.329 e. The van der Waals surface area contributed by atoms with Gasteiger partial charge in [-0.1, -0.05) is 44.2 Å². The van der Waals surface area contributed by atoms with Gasteiger partial charge in [0.15, 0.2) is 0 Å². The number of para-hydroxylation sites is 2. The van der Waals surface area contributed by atoms with E-state index in [-0.39, 0.29) is 29.6 Å². The van der Waals surface area contributed by atoms with E-state index < -0.39 is 0 Å². The highest BCUT2D eigenvalue weighted by molar-refractivity contribution is 5.81. The highest BCUT2D eigenvalue weighted by Crippen LogP contribution is 2.33. The van der Waals surface area contributed by atoms with Crippen LogP contribution in [0.4, 0.5) is 0 Å². The summed E-state index contributed by atoms with van der Waals surface area (Å²) >= 11 is 0.